The molecule has 1 aromatic carbocycles. The third-order valence-electron chi connectivity index (χ3n) is 3.68. The largest absolute Gasteiger partial charge is 0.416 e. The second kappa shape index (κ2) is 5.21. The van der Waals surface area contributed by atoms with E-state index in [4.69, 9.17) is 0 Å². The summed E-state index contributed by atoms with van der Waals surface area (Å²) in [5, 5.41) is 3.22. The molecule has 4 heteroatoms. The van der Waals surface area contributed by atoms with E-state index in [1.807, 2.05) is 0 Å². The number of anilines is 1. The molecular formula is C14H18F3N. The van der Waals surface area contributed by atoms with Gasteiger partial charge in [-0.15, -0.1) is 0 Å². The Kier molecular flexibility index (Phi) is 3.83. The highest BCUT2D eigenvalue weighted by molar-refractivity contribution is 5.47. The third-order valence-corrected chi connectivity index (χ3v) is 3.68. The molecule has 0 amide bonds. The Morgan fingerprint density at radius 1 is 1.28 bits per heavy atom. The monoisotopic (exact) mass is 257 g/mol. The molecule has 0 bridgehead atoms. The number of halogens is 3. The lowest BCUT2D eigenvalue weighted by Crippen LogP contribution is -2.16. The van der Waals surface area contributed by atoms with Gasteiger partial charge in [0, 0.05) is 11.7 Å². The van der Waals surface area contributed by atoms with Crippen molar-refractivity contribution >= 4 is 5.69 Å². The Morgan fingerprint density at radius 2 is 2.06 bits per heavy atom. The van der Waals surface area contributed by atoms with Crippen LogP contribution in [0.4, 0.5) is 18.9 Å². The van der Waals surface area contributed by atoms with Crippen molar-refractivity contribution in [2.24, 2.45) is 5.92 Å². The predicted octanol–water partition coefficient (Wildman–Crippen LogP) is 4.70. The molecule has 0 radical (unpaired) electrons. The van der Waals surface area contributed by atoms with Crippen molar-refractivity contribution < 1.29 is 13.2 Å². The van der Waals surface area contributed by atoms with Crippen LogP contribution in [0.1, 0.15) is 38.2 Å². The maximum atomic E-state index is 12.6. The Hall–Kier alpha value is -1.19. The molecule has 0 aliphatic heterocycles. The molecule has 1 saturated carbocycles. The molecule has 0 heterocycles. The smallest absolute Gasteiger partial charge is 0.382 e. The molecule has 2 rings (SSSR count). The summed E-state index contributed by atoms with van der Waals surface area (Å²) < 4.78 is 37.7. The maximum absolute atomic E-state index is 12.6. The van der Waals surface area contributed by atoms with Crippen LogP contribution >= 0.6 is 0 Å². The summed E-state index contributed by atoms with van der Waals surface area (Å²) in [5.41, 5.74) is -0.0101. The van der Waals surface area contributed by atoms with Crippen molar-refractivity contribution in [2.45, 2.75) is 44.8 Å². The predicted molar refractivity (Wildman–Crippen MR) is 66.5 cm³/mol. The van der Waals surface area contributed by atoms with E-state index in [9.17, 15) is 13.2 Å². The SMILES string of the molecule is CCC1CCC(Nc2cccc(C(F)(F)F)c2)C1. The summed E-state index contributed by atoms with van der Waals surface area (Å²) in [4.78, 5) is 0. The van der Waals surface area contributed by atoms with Crippen LogP contribution in [0, 0.1) is 5.92 Å². The molecule has 1 aliphatic rings. The first-order valence-corrected chi connectivity index (χ1v) is 6.43. The van der Waals surface area contributed by atoms with E-state index in [1.54, 1.807) is 6.07 Å². The Morgan fingerprint density at radius 3 is 2.67 bits per heavy atom. The maximum Gasteiger partial charge on any atom is 0.416 e. The topological polar surface area (TPSA) is 12.0 Å². The van der Waals surface area contributed by atoms with Gasteiger partial charge in [-0.3, -0.25) is 0 Å². The van der Waals surface area contributed by atoms with Crippen LogP contribution in [0.2, 0.25) is 0 Å². The molecule has 1 fully saturated rings. The number of benzene rings is 1. The number of hydrogen-bond acceptors (Lipinski definition) is 1. The van der Waals surface area contributed by atoms with Crippen LogP contribution in [-0.2, 0) is 6.18 Å². The lowest BCUT2D eigenvalue weighted by atomic mass is 10.1. The van der Waals surface area contributed by atoms with Crippen LogP contribution in [-0.4, -0.2) is 6.04 Å². The zero-order valence-electron chi connectivity index (χ0n) is 10.4. The lowest BCUT2D eigenvalue weighted by molar-refractivity contribution is -0.137. The third kappa shape index (κ3) is 3.18. The van der Waals surface area contributed by atoms with Crippen LogP contribution in [0.3, 0.4) is 0 Å². The van der Waals surface area contributed by atoms with E-state index in [1.165, 1.54) is 18.6 Å². The van der Waals surface area contributed by atoms with E-state index in [0.717, 1.165) is 25.3 Å². The van der Waals surface area contributed by atoms with Crippen LogP contribution in [0.5, 0.6) is 0 Å². The van der Waals surface area contributed by atoms with Gasteiger partial charge in [-0.2, -0.15) is 13.2 Å². The number of rotatable bonds is 3. The Labute approximate surface area is 105 Å². The number of nitrogens with one attached hydrogen (secondary N) is 1. The number of hydrogen-bond donors (Lipinski definition) is 1. The summed E-state index contributed by atoms with van der Waals surface area (Å²) in [6.07, 6.45) is 0.175. The molecule has 0 spiro atoms. The summed E-state index contributed by atoms with van der Waals surface area (Å²) in [7, 11) is 0. The second-order valence-electron chi connectivity index (χ2n) is 5.01. The second-order valence-corrected chi connectivity index (χ2v) is 5.01. The van der Waals surface area contributed by atoms with Crippen LogP contribution in [0.15, 0.2) is 24.3 Å². The highest BCUT2D eigenvalue weighted by Gasteiger charge is 2.30. The summed E-state index contributed by atoms with van der Waals surface area (Å²) in [5.74, 6) is 0.716. The van der Waals surface area contributed by atoms with Gasteiger partial charge in [-0.25, -0.2) is 0 Å². The lowest BCUT2D eigenvalue weighted by Gasteiger charge is -2.16. The van der Waals surface area contributed by atoms with Gasteiger partial charge in [-0.05, 0) is 43.4 Å². The van der Waals surface area contributed by atoms with Gasteiger partial charge in [0.1, 0.15) is 0 Å². The molecule has 18 heavy (non-hydrogen) atoms. The minimum absolute atomic E-state index is 0.318. The molecule has 0 saturated heterocycles. The van der Waals surface area contributed by atoms with Crippen molar-refractivity contribution in [1.29, 1.82) is 0 Å². The van der Waals surface area contributed by atoms with Gasteiger partial charge in [0.15, 0.2) is 0 Å². The average molecular weight is 257 g/mol. The summed E-state index contributed by atoms with van der Waals surface area (Å²) >= 11 is 0. The fourth-order valence-corrected chi connectivity index (χ4v) is 2.60. The van der Waals surface area contributed by atoms with Crippen molar-refractivity contribution in [3.05, 3.63) is 29.8 Å². The van der Waals surface area contributed by atoms with E-state index >= 15 is 0 Å². The molecule has 1 N–H and O–H groups in total. The fraction of sp³-hybridized carbons (Fsp3) is 0.571. The molecule has 2 atom stereocenters. The van der Waals surface area contributed by atoms with E-state index in [0.29, 0.717) is 17.6 Å². The van der Waals surface area contributed by atoms with Gasteiger partial charge >= 0.3 is 6.18 Å². The van der Waals surface area contributed by atoms with Crippen molar-refractivity contribution in [1.82, 2.24) is 0 Å². The molecule has 2 unspecified atom stereocenters. The van der Waals surface area contributed by atoms with Crippen LogP contribution in [0.25, 0.3) is 0 Å². The standard InChI is InChI=1S/C14H18F3N/c1-2-10-6-7-13(8-10)18-12-5-3-4-11(9-12)14(15,16)17/h3-5,9-10,13,18H,2,6-8H2,1H3. The molecular weight excluding hydrogens is 239 g/mol. The van der Waals surface area contributed by atoms with E-state index in [2.05, 4.69) is 12.2 Å². The average Bonchev–Trinajstić information content (AvgIpc) is 2.76. The quantitative estimate of drug-likeness (QED) is 0.827. The zero-order valence-corrected chi connectivity index (χ0v) is 10.4. The molecule has 1 nitrogen and oxygen atoms in total. The summed E-state index contributed by atoms with van der Waals surface area (Å²) in [6.45, 7) is 2.16. The van der Waals surface area contributed by atoms with Gasteiger partial charge in [0.25, 0.3) is 0 Å². The van der Waals surface area contributed by atoms with E-state index < -0.39 is 11.7 Å². The molecule has 0 aromatic heterocycles. The molecule has 100 valence electrons. The van der Waals surface area contributed by atoms with Gasteiger partial charge < -0.3 is 5.32 Å². The van der Waals surface area contributed by atoms with Gasteiger partial charge in [0.05, 0.1) is 5.56 Å². The molecule has 1 aromatic rings. The van der Waals surface area contributed by atoms with Crippen molar-refractivity contribution in [3.8, 4) is 0 Å². The Bertz CT molecular complexity index is 400. The van der Waals surface area contributed by atoms with Gasteiger partial charge in [0.2, 0.25) is 0 Å². The first-order valence-electron chi connectivity index (χ1n) is 6.43. The fourth-order valence-electron chi connectivity index (χ4n) is 2.60. The minimum Gasteiger partial charge on any atom is -0.382 e. The summed E-state index contributed by atoms with van der Waals surface area (Å²) in [6, 6.07) is 5.78. The van der Waals surface area contributed by atoms with Crippen molar-refractivity contribution in [2.75, 3.05) is 5.32 Å². The highest BCUT2D eigenvalue weighted by atomic mass is 19.4. The zero-order chi connectivity index (χ0) is 13.2. The Balaban J connectivity index is 2.02. The van der Waals surface area contributed by atoms with Crippen LogP contribution < -0.4 is 5.32 Å². The highest BCUT2D eigenvalue weighted by Crippen LogP contribution is 2.33. The first-order chi connectivity index (χ1) is 8.49. The van der Waals surface area contributed by atoms with Crippen molar-refractivity contribution in [3.63, 3.8) is 0 Å². The molecule has 1 aliphatic carbocycles. The normalized spacial score (nSPS) is 24.2. The number of alkyl halides is 3. The van der Waals surface area contributed by atoms with Gasteiger partial charge in [-0.1, -0.05) is 19.4 Å². The van der Waals surface area contributed by atoms with E-state index in [-0.39, 0.29) is 0 Å². The minimum atomic E-state index is -4.26. The first kappa shape index (κ1) is 13.2.